The molecule has 0 fully saturated rings. The molecule has 5 nitrogen and oxygen atoms in total. The van der Waals surface area contributed by atoms with Crippen LogP contribution in [0.3, 0.4) is 0 Å². The highest BCUT2D eigenvalue weighted by atomic mass is 32.1. The van der Waals surface area contributed by atoms with Crippen LogP contribution < -0.4 is 0 Å². The van der Waals surface area contributed by atoms with Crippen LogP contribution >= 0.6 is 11.3 Å². The van der Waals surface area contributed by atoms with Crippen molar-refractivity contribution in [3.63, 3.8) is 0 Å². The number of aryl methyl sites for hydroxylation is 2. The topological polar surface area (TPSA) is 68.0 Å². The first-order valence-corrected chi connectivity index (χ1v) is 7.04. The molecule has 0 aliphatic rings. The van der Waals surface area contributed by atoms with E-state index in [0.717, 1.165) is 16.4 Å². The van der Waals surface area contributed by atoms with E-state index in [1.165, 1.54) is 0 Å². The van der Waals surface area contributed by atoms with Crippen molar-refractivity contribution in [2.24, 2.45) is 0 Å². The lowest BCUT2D eigenvalue weighted by molar-refractivity contribution is 0.0698. The second-order valence-electron chi connectivity index (χ2n) is 4.58. The minimum Gasteiger partial charge on any atom is -0.478 e. The number of carboxylic acids is 1. The summed E-state index contributed by atoms with van der Waals surface area (Å²) < 4.78 is 1.94. The van der Waals surface area contributed by atoms with Crippen LogP contribution in [0.2, 0.25) is 0 Å². The molecule has 2 heterocycles. The molecule has 0 saturated carbocycles. The highest BCUT2D eigenvalue weighted by molar-refractivity contribution is 7.09. The summed E-state index contributed by atoms with van der Waals surface area (Å²) in [5.74, 6) is -0.126. The van der Waals surface area contributed by atoms with Crippen LogP contribution in [0.5, 0.6) is 0 Å². The maximum absolute atomic E-state index is 11.4. The fourth-order valence-corrected chi connectivity index (χ4v) is 3.05. The quantitative estimate of drug-likeness (QED) is 0.804. The van der Waals surface area contributed by atoms with E-state index >= 15 is 0 Å². The molecule has 3 rings (SSSR count). The zero-order chi connectivity index (χ0) is 14.3. The number of aromatic carboxylic acids is 1. The van der Waals surface area contributed by atoms with Gasteiger partial charge in [-0.15, -0.1) is 11.3 Å². The van der Waals surface area contributed by atoms with Gasteiger partial charge in [0.2, 0.25) is 0 Å². The molecule has 0 unspecified atom stereocenters. The number of para-hydroxylation sites is 1. The van der Waals surface area contributed by atoms with E-state index in [-0.39, 0.29) is 5.56 Å². The predicted octanol–water partition coefficient (Wildman–Crippen LogP) is 2.86. The van der Waals surface area contributed by atoms with Crippen molar-refractivity contribution in [2.75, 3.05) is 0 Å². The number of rotatable bonds is 3. The highest BCUT2D eigenvalue weighted by Gasteiger charge is 2.16. The SMILES string of the molecule is Cc1ncsc1Cn1c(C)nc2cccc(C(=O)O)c21. The first-order chi connectivity index (χ1) is 9.58. The number of carboxylic acid groups (broad SMARTS) is 1. The smallest absolute Gasteiger partial charge is 0.337 e. The molecule has 0 spiro atoms. The van der Waals surface area contributed by atoms with Gasteiger partial charge in [-0.05, 0) is 26.0 Å². The Kier molecular flexibility index (Phi) is 3.02. The number of imidazole rings is 1. The van der Waals surface area contributed by atoms with Crippen molar-refractivity contribution in [3.05, 3.63) is 45.7 Å². The van der Waals surface area contributed by atoms with Gasteiger partial charge in [0.1, 0.15) is 5.82 Å². The molecular formula is C14H13N3O2S. The Morgan fingerprint density at radius 2 is 2.20 bits per heavy atom. The summed E-state index contributed by atoms with van der Waals surface area (Å²) in [6.07, 6.45) is 0. The van der Waals surface area contributed by atoms with E-state index in [1.54, 1.807) is 29.0 Å². The maximum Gasteiger partial charge on any atom is 0.337 e. The van der Waals surface area contributed by atoms with Crippen molar-refractivity contribution >= 4 is 28.3 Å². The summed E-state index contributed by atoms with van der Waals surface area (Å²) in [5.41, 5.74) is 4.45. The first-order valence-electron chi connectivity index (χ1n) is 6.16. The molecule has 0 radical (unpaired) electrons. The molecule has 1 aromatic carbocycles. The minimum absolute atomic E-state index is 0.283. The lowest BCUT2D eigenvalue weighted by Crippen LogP contribution is -2.06. The van der Waals surface area contributed by atoms with Crippen LogP contribution in [-0.2, 0) is 6.54 Å². The number of fused-ring (bicyclic) bond motifs is 1. The first kappa shape index (κ1) is 12.8. The number of benzene rings is 1. The van der Waals surface area contributed by atoms with Crippen molar-refractivity contribution in [1.29, 1.82) is 0 Å². The maximum atomic E-state index is 11.4. The van der Waals surface area contributed by atoms with Crippen LogP contribution in [0.4, 0.5) is 0 Å². The van der Waals surface area contributed by atoms with E-state index < -0.39 is 5.97 Å². The van der Waals surface area contributed by atoms with E-state index in [1.807, 2.05) is 24.5 Å². The fourth-order valence-electron chi connectivity index (χ4n) is 2.29. The van der Waals surface area contributed by atoms with Gasteiger partial charge in [0, 0.05) is 4.88 Å². The Hall–Kier alpha value is -2.21. The van der Waals surface area contributed by atoms with Gasteiger partial charge >= 0.3 is 5.97 Å². The Bertz CT molecular complexity index is 804. The van der Waals surface area contributed by atoms with Crippen LogP contribution in [0, 0.1) is 13.8 Å². The van der Waals surface area contributed by atoms with Crippen molar-refractivity contribution in [1.82, 2.24) is 14.5 Å². The number of hydrogen-bond acceptors (Lipinski definition) is 4. The fraction of sp³-hybridized carbons (Fsp3) is 0.214. The average Bonchev–Trinajstić information content (AvgIpc) is 2.94. The molecule has 0 bridgehead atoms. The normalized spacial score (nSPS) is 11.1. The standard InChI is InChI=1S/C14H13N3O2S/c1-8-12(20-7-15-8)6-17-9(2)16-11-5-3-4-10(13(11)17)14(18)19/h3-5,7H,6H2,1-2H3,(H,18,19). The molecule has 6 heteroatoms. The third kappa shape index (κ3) is 1.98. The molecule has 1 N–H and O–H groups in total. The number of aromatic nitrogens is 3. The molecule has 2 aromatic heterocycles. The van der Waals surface area contributed by atoms with Gasteiger partial charge < -0.3 is 9.67 Å². The lowest BCUT2D eigenvalue weighted by Gasteiger charge is -2.07. The molecule has 0 amide bonds. The van der Waals surface area contributed by atoms with Gasteiger partial charge in [-0.25, -0.2) is 14.8 Å². The van der Waals surface area contributed by atoms with Crippen LogP contribution in [0.25, 0.3) is 11.0 Å². The van der Waals surface area contributed by atoms with Crippen molar-refractivity contribution in [2.45, 2.75) is 20.4 Å². The van der Waals surface area contributed by atoms with E-state index in [2.05, 4.69) is 9.97 Å². The molecule has 0 aliphatic heterocycles. The highest BCUT2D eigenvalue weighted by Crippen LogP contribution is 2.23. The third-order valence-corrected chi connectivity index (χ3v) is 4.25. The third-order valence-electron chi connectivity index (χ3n) is 3.33. The second kappa shape index (κ2) is 4.72. The van der Waals surface area contributed by atoms with Gasteiger partial charge in [-0.2, -0.15) is 0 Å². The van der Waals surface area contributed by atoms with E-state index in [4.69, 9.17) is 0 Å². The van der Waals surface area contributed by atoms with Gasteiger partial charge in [-0.3, -0.25) is 0 Å². The monoisotopic (exact) mass is 287 g/mol. The Labute approximate surface area is 119 Å². The zero-order valence-corrected chi connectivity index (χ0v) is 11.9. The number of nitrogens with zero attached hydrogens (tertiary/aromatic N) is 3. The average molecular weight is 287 g/mol. The number of thiazole rings is 1. The zero-order valence-electron chi connectivity index (χ0n) is 11.1. The Morgan fingerprint density at radius 1 is 1.40 bits per heavy atom. The molecule has 3 aromatic rings. The predicted molar refractivity (Wildman–Crippen MR) is 77.4 cm³/mol. The van der Waals surface area contributed by atoms with Gasteiger partial charge in [0.15, 0.2) is 0 Å². The van der Waals surface area contributed by atoms with Crippen LogP contribution in [0.15, 0.2) is 23.7 Å². The van der Waals surface area contributed by atoms with Crippen molar-refractivity contribution < 1.29 is 9.90 Å². The largest absolute Gasteiger partial charge is 0.478 e. The molecule has 0 saturated heterocycles. The number of carbonyl (C=O) groups is 1. The van der Waals surface area contributed by atoms with Gasteiger partial charge in [-0.1, -0.05) is 6.07 Å². The van der Waals surface area contributed by atoms with Crippen LogP contribution in [0.1, 0.15) is 26.8 Å². The Balaban J connectivity index is 2.22. The summed E-state index contributed by atoms with van der Waals surface area (Å²) in [6, 6.07) is 5.17. The summed E-state index contributed by atoms with van der Waals surface area (Å²) in [7, 11) is 0. The molecular weight excluding hydrogens is 274 g/mol. The molecule has 0 aliphatic carbocycles. The lowest BCUT2D eigenvalue weighted by atomic mass is 10.2. The van der Waals surface area contributed by atoms with E-state index in [9.17, 15) is 9.90 Å². The molecule has 0 atom stereocenters. The van der Waals surface area contributed by atoms with Crippen molar-refractivity contribution in [3.8, 4) is 0 Å². The Morgan fingerprint density at radius 3 is 2.85 bits per heavy atom. The summed E-state index contributed by atoms with van der Waals surface area (Å²) >= 11 is 1.57. The van der Waals surface area contributed by atoms with E-state index in [0.29, 0.717) is 17.6 Å². The summed E-state index contributed by atoms with van der Waals surface area (Å²) in [5, 5.41) is 9.35. The summed E-state index contributed by atoms with van der Waals surface area (Å²) in [4.78, 5) is 21.2. The second-order valence-corrected chi connectivity index (χ2v) is 5.52. The number of hydrogen-bond donors (Lipinski definition) is 1. The summed E-state index contributed by atoms with van der Waals surface area (Å²) in [6.45, 7) is 4.45. The van der Waals surface area contributed by atoms with Gasteiger partial charge in [0.05, 0.1) is 34.3 Å². The molecule has 102 valence electrons. The van der Waals surface area contributed by atoms with Crippen LogP contribution in [-0.4, -0.2) is 25.6 Å². The minimum atomic E-state index is -0.933. The molecule has 20 heavy (non-hydrogen) atoms. The van der Waals surface area contributed by atoms with Gasteiger partial charge in [0.25, 0.3) is 0 Å².